The molecule has 1 amide bonds. The van der Waals surface area contributed by atoms with E-state index in [9.17, 15) is 13.2 Å². The zero-order chi connectivity index (χ0) is 21.3. The third-order valence-electron chi connectivity index (χ3n) is 4.74. The maximum atomic E-state index is 12.7. The molecule has 0 aliphatic rings. The topological polar surface area (TPSA) is 88.2 Å². The Labute approximate surface area is 178 Å². The normalized spacial score (nSPS) is 11.4. The van der Waals surface area contributed by atoms with Crippen LogP contribution >= 0.6 is 11.3 Å². The first-order valence-electron chi connectivity index (χ1n) is 9.19. The fourth-order valence-corrected chi connectivity index (χ4v) is 4.98. The molecule has 0 fully saturated rings. The highest BCUT2D eigenvalue weighted by Crippen LogP contribution is 2.30. The lowest BCUT2D eigenvalue weighted by atomic mass is 10.1. The average molecular weight is 438 g/mol. The molecule has 0 saturated carbocycles. The molecule has 4 rings (SSSR count). The third kappa shape index (κ3) is 4.05. The summed E-state index contributed by atoms with van der Waals surface area (Å²) in [6.07, 6.45) is 0. The second-order valence-corrected chi connectivity index (χ2v) is 9.54. The molecule has 6 nitrogen and oxygen atoms in total. The third-order valence-corrected chi connectivity index (χ3v) is 7.07. The lowest BCUT2D eigenvalue weighted by Crippen LogP contribution is -2.15. The summed E-state index contributed by atoms with van der Waals surface area (Å²) in [7, 11) is -3.73. The number of hydrogen-bond donors (Lipinski definition) is 2. The van der Waals surface area contributed by atoms with Gasteiger partial charge in [-0.15, -0.1) is 0 Å². The largest absolute Gasteiger partial charge is 0.298 e. The monoisotopic (exact) mass is 437 g/mol. The Balaban J connectivity index is 1.55. The van der Waals surface area contributed by atoms with Crippen molar-refractivity contribution in [3.05, 3.63) is 83.4 Å². The summed E-state index contributed by atoms with van der Waals surface area (Å²) < 4.78 is 28.5. The molecule has 0 bridgehead atoms. The number of aryl methyl sites for hydroxylation is 2. The van der Waals surface area contributed by atoms with Crippen molar-refractivity contribution in [3.8, 4) is 0 Å². The number of thiazole rings is 1. The molecule has 2 N–H and O–H groups in total. The van der Waals surface area contributed by atoms with Gasteiger partial charge < -0.3 is 0 Å². The maximum absolute atomic E-state index is 12.7. The highest BCUT2D eigenvalue weighted by molar-refractivity contribution is 7.92. The second-order valence-electron chi connectivity index (χ2n) is 6.83. The fraction of sp³-hybridized carbons (Fsp3) is 0.0909. The lowest BCUT2D eigenvalue weighted by molar-refractivity contribution is 0.102. The molecule has 0 spiro atoms. The first-order valence-corrected chi connectivity index (χ1v) is 11.5. The number of hydrogen-bond acceptors (Lipinski definition) is 5. The van der Waals surface area contributed by atoms with E-state index < -0.39 is 10.0 Å². The second kappa shape index (κ2) is 7.89. The van der Waals surface area contributed by atoms with Gasteiger partial charge in [-0.1, -0.05) is 41.7 Å². The smallest absolute Gasteiger partial charge is 0.261 e. The van der Waals surface area contributed by atoms with Gasteiger partial charge in [-0.2, -0.15) is 0 Å². The summed E-state index contributed by atoms with van der Waals surface area (Å²) in [5, 5.41) is 3.31. The van der Waals surface area contributed by atoms with Crippen LogP contribution < -0.4 is 10.0 Å². The minimum atomic E-state index is -3.73. The number of nitrogens with one attached hydrogen (secondary N) is 2. The van der Waals surface area contributed by atoms with Crippen LogP contribution in [0.1, 0.15) is 21.5 Å². The molecule has 8 heteroatoms. The Hall–Kier alpha value is -3.23. The molecule has 0 aliphatic carbocycles. The molecule has 152 valence electrons. The van der Waals surface area contributed by atoms with E-state index in [1.807, 2.05) is 26.0 Å². The molecular weight excluding hydrogens is 418 g/mol. The van der Waals surface area contributed by atoms with Gasteiger partial charge in [0, 0.05) is 11.3 Å². The first kappa shape index (κ1) is 20.1. The van der Waals surface area contributed by atoms with Crippen molar-refractivity contribution in [2.24, 2.45) is 0 Å². The van der Waals surface area contributed by atoms with Crippen molar-refractivity contribution in [2.75, 3.05) is 10.0 Å². The van der Waals surface area contributed by atoms with Gasteiger partial charge in [-0.05, 0) is 61.4 Å². The van der Waals surface area contributed by atoms with Crippen LogP contribution in [0.3, 0.4) is 0 Å². The number of fused-ring (bicyclic) bond motifs is 1. The maximum Gasteiger partial charge on any atom is 0.261 e. The van der Waals surface area contributed by atoms with Crippen molar-refractivity contribution in [1.29, 1.82) is 0 Å². The van der Waals surface area contributed by atoms with E-state index in [4.69, 9.17) is 0 Å². The number of amides is 1. The first-order chi connectivity index (χ1) is 14.3. The molecule has 1 aromatic heterocycles. The van der Waals surface area contributed by atoms with Gasteiger partial charge in [0.05, 0.1) is 15.1 Å². The Morgan fingerprint density at radius 3 is 2.50 bits per heavy atom. The van der Waals surface area contributed by atoms with Gasteiger partial charge in [-0.25, -0.2) is 13.4 Å². The van der Waals surface area contributed by atoms with Crippen LogP contribution in [0, 0.1) is 13.8 Å². The molecule has 0 aliphatic heterocycles. The number of rotatable bonds is 5. The van der Waals surface area contributed by atoms with Crippen LogP contribution in [0.15, 0.2) is 71.6 Å². The van der Waals surface area contributed by atoms with Gasteiger partial charge >= 0.3 is 0 Å². The SMILES string of the molecule is Cc1ccc2sc(NC(=O)c3cccc(NS(=O)(=O)c4ccccc4)c3)nc2c1C. The number of nitrogens with zero attached hydrogens (tertiary/aromatic N) is 1. The van der Waals surface area contributed by atoms with E-state index in [-0.39, 0.29) is 10.8 Å². The van der Waals surface area contributed by atoms with E-state index >= 15 is 0 Å². The van der Waals surface area contributed by atoms with Gasteiger partial charge in [0.15, 0.2) is 5.13 Å². The minimum Gasteiger partial charge on any atom is -0.298 e. The summed E-state index contributed by atoms with van der Waals surface area (Å²) >= 11 is 1.40. The highest BCUT2D eigenvalue weighted by Gasteiger charge is 2.16. The van der Waals surface area contributed by atoms with Gasteiger partial charge in [0.1, 0.15) is 0 Å². The van der Waals surface area contributed by atoms with E-state index in [0.29, 0.717) is 16.4 Å². The van der Waals surface area contributed by atoms with E-state index in [1.165, 1.54) is 29.5 Å². The zero-order valence-corrected chi connectivity index (χ0v) is 18.0. The molecule has 30 heavy (non-hydrogen) atoms. The number of anilines is 2. The summed E-state index contributed by atoms with van der Waals surface area (Å²) in [5.41, 5.74) is 3.74. The van der Waals surface area contributed by atoms with Crippen molar-refractivity contribution < 1.29 is 13.2 Å². The Bertz CT molecular complexity index is 1350. The number of aromatic nitrogens is 1. The quantitative estimate of drug-likeness (QED) is 0.462. The molecule has 1 heterocycles. The number of carbonyl (C=O) groups excluding carboxylic acids is 1. The Morgan fingerprint density at radius 1 is 0.967 bits per heavy atom. The van der Waals surface area contributed by atoms with Crippen molar-refractivity contribution >= 4 is 48.3 Å². The highest BCUT2D eigenvalue weighted by atomic mass is 32.2. The summed E-state index contributed by atoms with van der Waals surface area (Å²) in [6.45, 7) is 4.03. The van der Waals surface area contributed by atoms with E-state index in [0.717, 1.165) is 21.3 Å². The van der Waals surface area contributed by atoms with Crippen LogP contribution in [0.2, 0.25) is 0 Å². The molecule has 0 unspecified atom stereocenters. The summed E-state index contributed by atoms with van der Waals surface area (Å²) in [5.74, 6) is -0.357. The minimum absolute atomic E-state index is 0.153. The van der Waals surface area contributed by atoms with E-state index in [1.54, 1.807) is 36.4 Å². The molecule has 0 radical (unpaired) electrons. The predicted octanol–water partition coefficient (Wildman–Crippen LogP) is 4.97. The van der Waals surface area contributed by atoms with Crippen LogP contribution in [-0.4, -0.2) is 19.3 Å². The van der Waals surface area contributed by atoms with Crippen molar-refractivity contribution in [3.63, 3.8) is 0 Å². The molecule has 0 saturated heterocycles. The van der Waals surface area contributed by atoms with Crippen LogP contribution in [-0.2, 0) is 10.0 Å². The lowest BCUT2D eigenvalue weighted by Gasteiger charge is -2.09. The molecule has 3 aromatic carbocycles. The summed E-state index contributed by atoms with van der Waals surface area (Å²) in [6, 6.07) is 18.4. The summed E-state index contributed by atoms with van der Waals surface area (Å²) in [4.78, 5) is 17.4. The fourth-order valence-electron chi connectivity index (χ4n) is 2.99. The van der Waals surface area contributed by atoms with Crippen LogP contribution in [0.4, 0.5) is 10.8 Å². The van der Waals surface area contributed by atoms with Crippen molar-refractivity contribution in [2.45, 2.75) is 18.7 Å². The number of carbonyl (C=O) groups is 1. The molecule has 0 atom stereocenters. The number of benzene rings is 3. The average Bonchev–Trinajstić information content (AvgIpc) is 3.15. The molecular formula is C22H19N3O3S2. The van der Waals surface area contributed by atoms with Gasteiger partial charge in [0.2, 0.25) is 0 Å². The van der Waals surface area contributed by atoms with E-state index in [2.05, 4.69) is 15.0 Å². The Kier molecular flexibility index (Phi) is 5.27. The predicted molar refractivity (Wildman–Crippen MR) is 121 cm³/mol. The van der Waals surface area contributed by atoms with Crippen molar-refractivity contribution in [1.82, 2.24) is 4.98 Å². The Morgan fingerprint density at radius 2 is 1.73 bits per heavy atom. The standard InChI is InChI=1S/C22H19N3O3S2/c1-14-11-12-19-20(15(14)2)23-22(29-19)24-21(26)16-7-6-8-17(13-16)25-30(27,28)18-9-4-3-5-10-18/h3-13,25H,1-2H3,(H,23,24,26). The zero-order valence-electron chi connectivity index (χ0n) is 16.3. The van der Waals surface area contributed by atoms with Crippen LogP contribution in [0.5, 0.6) is 0 Å². The van der Waals surface area contributed by atoms with Crippen LogP contribution in [0.25, 0.3) is 10.2 Å². The molecule has 4 aromatic rings. The van der Waals surface area contributed by atoms with Gasteiger partial charge in [0.25, 0.3) is 15.9 Å². The number of sulfonamides is 1. The van der Waals surface area contributed by atoms with Gasteiger partial charge in [-0.3, -0.25) is 14.8 Å².